The molecule has 7 N–H and O–H groups in total. The number of unbranched alkanes of at least 4 members (excludes halogenated alkanes) is 4. The van der Waals surface area contributed by atoms with Crippen LogP contribution in [-0.2, 0) is 33.3 Å². The van der Waals surface area contributed by atoms with Crippen LogP contribution in [0.4, 0.5) is 13.2 Å². The van der Waals surface area contributed by atoms with Crippen molar-refractivity contribution in [1.29, 1.82) is 0 Å². The van der Waals surface area contributed by atoms with E-state index in [0.717, 1.165) is 38.5 Å². The van der Waals surface area contributed by atoms with Crippen LogP contribution in [0.2, 0.25) is 0 Å². The highest BCUT2D eigenvalue weighted by molar-refractivity contribution is 5.84. The van der Waals surface area contributed by atoms with Gasteiger partial charge in [0.2, 0.25) is 0 Å². The average molecular weight is 665 g/mol. The third-order valence-corrected chi connectivity index (χ3v) is 6.07. The number of carbonyl (C=O) groups excluding carboxylic acids is 3. The van der Waals surface area contributed by atoms with Crippen LogP contribution in [0.25, 0.3) is 0 Å². The summed E-state index contributed by atoms with van der Waals surface area (Å²) in [5, 5.41) is 1.78. The second-order valence-corrected chi connectivity index (χ2v) is 9.80. The summed E-state index contributed by atoms with van der Waals surface area (Å²) in [6.45, 7) is 4.11. The minimum absolute atomic E-state index is 0. The molecule has 0 aromatic rings. The molecule has 0 saturated heterocycles. The fourth-order valence-electron chi connectivity index (χ4n) is 3.49. The number of ether oxygens (including phenoxy) is 4. The molecule has 11 nitrogen and oxygen atoms in total. The molecule has 0 bridgehead atoms. The number of amides is 1. The van der Waals surface area contributed by atoms with E-state index in [0.29, 0.717) is 84.7 Å². The number of Topliss-reactive ketones (excluding diaryl/α,β-unsaturated/α-hetero) is 2. The summed E-state index contributed by atoms with van der Waals surface area (Å²) in [6.07, 6.45) is 3.06. The van der Waals surface area contributed by atoms with Gasteiger partial charge >= 0.3 is 12.1 Å². The molecule has 0 aromatic heterocycles. The van der Waals surface area contributed by atoms with Gasteiger partial charge in [0.1, 0.15) is 11.6 Å². The first-order chi connectivity index (χ1) is 20.0. The van der Waals surface area contributed by atoms with Gasteiger partial charge in [0.05, 0.1) is 38.5 Å². The quantitative estimate of drug-likeness (QED) is 0.0925. The van der Waals surface area contributed by atoms with Gasteiger partial charge in [-0.05, 0) is 64.3 Å². The lowest BCUT2D eigenvalue weighted by Gasteiger charge is -2.11. The number of hydrogen-bond acceptors (Lipinski definition) is 10. The maximum Gasteiger partial charge on any atom is 0.471 e. The molecule has 2 unspecified atom stereocenters. The molecule has 45 heavy (non-hydrogen) atoms. The number of methoxy groups -OCH3 is 2. The molecule has 2 atom stereocenters. The molecule has 0 spiro atoms. The number of hydrogen-bond donors (Lipinski definition) is 4. The number of alkyl halides is 3. The van der Waals surface area contributed by atoms with Crippen LogP contribution in [0.1, 0.15) is 99.3 Å². The summed E-state index contributed by atoms with van der Waals surface area (Å²) in [5.74, 6) is -1.86. The smallest absolute Gasteiger partial charge is 0.382 e. The van der Waals surface area contributed by atoms with Gasteiger partial charge in [-0.2, -0.15) is 13.2 Å². The zero-order chi connectivity index (χ0) is 32.1. The number of nitrogens with one attached hydrogen (secondary N) is 1. The Bertz CT molecular complexity index is 676. The minimum Gasteiger partial charge on any atom is -0.382 e. The second kappa shape index (κ2) is 36.8. The van der Waals surface area contributed by atoms with Crippen molar-refractivity contribution in [2.75, 3.05) is 67.0 Å². The second-order valence-electron chi connectivity index (χ2n) is 9.80. The molecule has 14 heteroatoms. The fourth-order valence-corrected chi connectivity index (χ4v) is 3.49. The Balaban J connectivity index is -0.000000230. The van der Waals surface area contributed by atoms with E-state index in [1.165, 1.54) is 0 Å². The van der Waals surface area contributed by atoms with Gasteiger partial charge in [-0.1, -0.05) is 28.7 Å². The van der Waals surface area contributed by atoms with Crippen LogP contribution >= 0.6 is 0 Å². The molecular weight excluding hydrogens is 597 g/mol. The highest BCUT2D eigenvalue weighted by Crippen LogP contribution is 2.14. The zero-order valence-corrected chi connectivity index (χ0v) is 25.5. The van der Waals surface area contributed by atoms with Gasteiger partial charge in [0.25, 0.3) is 0 Å². The topological polar surface area (TPSA) is 178 Å². The normalized spacial score (nSPS) is 11.9. The van der Waals surface area contributed by atoms with Crippen LogP contribution in [0.3, 0.4) is 0 Å². The molecule has 0 aliphatic rings. The van der Waals surface area contributed by atoms with Crippen LogP contribution in [-0.4, -0.2) is 103 Å². The molecule has 0 aliphatic carbocycles. The average Bonchev–Trinajstić information content (AvgIpc) is 2.95. The Labute approximate surface area is 271 Å². The first-order valence-corrected chi connectivity index (χ1v) is 14.8. The predicted octanol–water partition coefficient (Wildman–Crippen LogP) is 4.32. The first-order valence-electron chi connectivity index (χ1n) is 14.8. The number of halogens is 3. The molecule has 0 aromatic carbocycles. The van der Waals surface area contributed by atoms with Crippen molar-refractivity contribution >= 4 is 17.5 Å². The third-order valence-electron chi connectivity index (χ3n) is 6.07. The SMILES string of the molecule is C.C.C.COCCOCCCCC(=O)C(N)CCCCN.COCCOCCCCC(=O)C(N)CCCCNC(=O)C(F)(F)F. The Kier molecular flexibility index (Phi) is 43.2. The molecule has 0 aliphatic heterocycles. The molecular formula is C31H67F3N4O7. The monoisotopic (exact) mass is 664 g/mol. The Morgan fingerprint density at radius 3 is 1.44 bits per heavy atom. The highest BCUT2D eigenvalue weighted by Gasteiger charge is 2.38. The molecule has 1 amide bonds. The van der Waals surface area contributed by atoms with E-state index in [1.54, 1.807) is 19.5 Å². The fraction of sp³-hybridized carbons (Fsp3) is 0.903. The first kappa shape index (κ1) is 52.8. The van der Waals surface area contributed by atoms with Crippen molar-refractivity contribution in [2.45, 2.75) is 118 Å². The number of rotatable bonds is 27. The number of carbonyl (C=O) groups is 3. The predicted molar refractivity (Wildman–Crippen MR) is 175 cm³/mol. The minimum atomic E-state index is -4.86. The maximum absolute atomic E-state index is 11.9. The van der Waals surface area contributed by atoms with Crippen molar-refractivity contribution in [3.63, 3.8) is 0 Å². The maximum atomic E-state index is 11.9. The summed E-state index contributed by atoms with van der Waals surface area (Å²) >= 11 is 0. The van der Waals surface area contributed by atoms with Crippen LogP contribution in [0.5, 0.6) is 0 Å². The van der Waals surface area contributed by atoms with E-state index in [4.69, 9.17) is 36.1 Å². The Morgan fingerprint density at radius 1 is 0.644 bits per heavy atom. The van der Waals surface area contributed by atoms with Gasteiger partial charge in [0, 0.05) is 46.8 Å². The molecule has 0 saturated carbocycles. The van der Waals surface area contributed by atoms with Gasteiger partial charge < -0.3 is 41.5 Å². The van der Waals surface area contributed by atoms with Crippen molar-refractivity contribution in [3.05, 3.63) is 0 Å². The van der Waals surface area contributed by atoms with Gasteiger partial charge in [-0.25, -0.2) is 0 Å². The van der Waals surface area contributed by atoms with E-state index in [9.17, 15) is 27.6 Å². The Hall–Kier alpha value is -1.68. The summed E-state index contributed by atoms with van der Waals surface area (Å²) in [5.41, 5.74) is 16.9. The van der Waals surface area contributed by atoms with Crippen LogP contribution < -0.4 is 22.5 Å². The van der Waals surface area contributed by atoms with Gasteiger partial charge in [-0.15, -0.1) is 0 Å². The van der Waals surface area contributed by atoms with E-state index >= 15 is 0 Å². The van der Waals surface area contributed by atoms with E-state index in [1.807, 2.05) is 0 Å². The summed E-state index contributed by atoms with van der Waals surface area (Å²) in [7, 11) is 3.24. The lowest BCUT2D eigenvalue weighted by molar-refractivity contribution is -0.173. The largest absolute Gasteiger partial charge is 0.471 e. The van der Waals surface area contributed by atoms with E-state index in [-0.39, 0.29) is 46.4 Å². The van der Waals surface area contributed by atoms with E-state index < -0.39 is 18.1 Å². The van der Waals surface area contributed by atoms with Crippen molar-refractivity contribution in [2.24, 2.45) is 17.2 Å². The summed E-state index contributed by atoms with van der Waals surface area (Å²) < 4.78 is 56.1. The number of ketones is 2. The summed E-state index contributed by atoms with van der Waals surface area (Å²) in [4.78, 5) is 34.0. The summed E-state index contributed by atoms with van der Waals surface area (Å²) in [6, 6.07) is -0.927. The Morgan fingerprint density at radius 2 is 1.07 bits per heavy atom. The lowest BCUT2D eigenvalue weighted by Crippen LogP contribution is -2.37. The van der Waals surface area contributed by atoms with E-state index in [2.05, 4.69) is 0 Å². The van der Waals surface area contributed by atoms with Gasteiger partial charge in [0.15, 0.2) is 0 Å². The van der Waals surface area contributed by atoms with Crippen molar-refractivity contribution in [1.82, 2.24) is 5.32 Å². The van der Waals surface area contributed by atoms with Crippen LogP contribution in [0.15, 0.2) is 0 Å². The zero-order valence-electron chi connectivity index (χ0n) is 25.5. The van der Waals surface area contributed by atoms with Crippen molar-refractivity contribution < 1.29 is 46.5 Å². The molecule has 0 radical (unpaired) electrons. The van der Waals surface area contributed by atoms with Crippen molar-refractivity contribution in [3.8, 4) is 0 Å². The number of nitrogens with two attached hydrogens (primary N) is 3. The molecule has 0 heterocycles. The van der Waals surface area contributed by atoms with Crippen LogP contribution in [0, 0.1) is 0 Å². The molecule has 274 valence electrons. The van der Waals surface area contributed by atoms with Gasteiger partial charge in [-0.3, -0.25) is 14.4 Å². The molecule has 0 rings (SSSR count). The third kappa shape index (κ3) is 36.7. The molecule has 0 fully saturated rings. The highest BCUT2D eigenvalue weighted by atomic mass is 19.4. The standard InChI is InChI=1S/C15H27F3N2O4.C13H28N2O3.3CH4/c1-23-10-11-24-9-5-3-7-13(21)12(19)6-2-4-8-20-14(22)15(16,17)18;1-17-10-11-18-9-5-3-7-13(16)12(15)6-2-4-8-14;;;/h12H,2-11,19H2,1H3,(H,20,22);12H,2-11,14-15H2,1H3;3*1H4. The lowest BCUT2D eigenvalue weighted by atomic mass is 10.0.